The van der Waals surface area contributed by atoms with Gasteiger partial charge in [-0.25, -0.2) is 9.97 Å². The van der Waals surface area contributed by atoms with Gasteiger partial charge in [-0.2, -0.15) is 0 Å². The van der Waals surface area contributed by atoms with Crippen LogP contribution in [-0.4, -0.2) is 21.1 Å². The zero-order valence-electron chi connectivity index (χ0n) is 12.1. The molecule has 4 aromatic rings. The first kappa shape index (κ1) is 13.3. The molecule has 0 saturated carbocycles. The lowest BCUT2D eigenvalue weighted by molar-refractivity contribution is 0.682. The van der Waals surface area contributed by atoms with Gasteiger partial charge in [-0.05, 0) is 35.4 Å². The van der Waals surface area contributed by atoms with Gasteiger partial charge < -0.3 is 9.88 Å². The van der Waals surface area contributed by atoms with Crippen molar-refractivity contribution in [2.45, 2.75) is 13.0 Å². The van der Waals surface area contributed by atoms with Gasteiger partial charge in [0.05, 0.1) is 5.39 Å². The number of para-hydroxylation sites is 1. The molecular weight excluding hydrogens is 292 g/mol. The quantitative estimate of drug-likeness (QED) is 0.563. The Hall–Kier alpha value is -2.40. The monoisotopic (exact) mass is 308 g/mol. The molecule has 4 rings (SSSR count). The smallest absolute Gasteiger partial charge is 0.138 e. The molecule has 0 aliphatic carbocycles. The Bertz CT molecular complexity index is 909. The van der Waals surface area contributed by atoms with E-state index in [9.17, 15) is 0 Å². The third-order valence-corrected chi connectivity index (χ3v) is 4.63. The molecule has 3 aromatic heterocycles. The second-order valence-corrected chi connectivity index (χ2v) is 6.10. The highest BCUT2D eigenvalue weighted by Gasteiger charge is 2.04. The lowest BCUT2D eigenvalue weighted by Gasteiger charge is -2.08. The van der Waals surface area contributed by atoms with E-state index in [0.717, 1.165) is 35.5 Å². The Kier molecular flexibility index (Phi) is 3.48. The average Bonchev–Trinajstić information content (AvgIpc) is 3.19. The predicted octanol–water partition coefficient (Wildman–Crippen LogP) is 4.15. The van der Waals surface area contributed by atoms with Crippen LogP contribution < -0.4 is 5.32 Å². The van der Waals surface area contributed by atoms with E-state index in [1.165, 1.54) is 10.9 Å². The van der Waals surface area contributed by atoms with Crippen LogP contribution in [-0.2, 0) is 6.54 Å². The van der Waals surface area contributed by atoms with E-state index in [0.29, 0.717) is 0 Å². The number of nitrogens with one attached hydrogen (secondary N) is 1. The lowest BCUT2D eigenvalue weighted by atomic mass is 10.2. The molecule has 110 valence electrons. The zero-order chi connectivity index (χ0) is 14.8. The van der Waals surface area contributed by atoms with Gasteiger partial charge in [0.2, 0.25) is 0 Å². The van der Waals surface area contributed by atoms with Crippen LogP contribution in [0.3, 0.4) is 0 Å². The fourth-order valence-electron chi connectivity index (χ4n) is 2.72. The number of fused-ring (bicyclic) bond motifs is 2. The first-order valence-electron chi connectivity index (χ1n) is 7.38. The fraction of sp³-hybridized carbons (Fsp3) is 0.176. The molecule has 4 nitrogen and oxygen atoms in total. The van der Waals surface area contributed by atoms with Crippen LogP contribution in [0.5, 0.6) is 0 Å². The Labute approximate surface area is 132 Å². The van der Waals surface area contributed by atoms with Gasteiger partial charge in [-0.3, -0.25) is 0 Å². The molecular formula is C17H16N4S. The molecule has 0 fully saturated rings. The number of aromatic nitrogens is 3. The number of hydrogen-bond donors (Lipinski definition) is 1. The van der Waals surface area contributed by atoms with E-state index >= 15 is 0 Å². The van der Waals surface area contributed by atoms with Crippen LogP contribution in [0, 0.1) is 0 Å². The number of rotatable bonds is 5. The molecule has 3 heterocycles. The highest BCUT2D eigenvalue weighted by Crippen LogP contribution is 2.23. The number of aryl methyl sites for hydroxylation is 1. The minimum Gasteiger partial charge on any atom is -0.369 e. The maximum atomic E-state index is 4.34. The van der Waals surface area contributed by atoms with E-state index < -0.39 is 0 Å². The van der Waals surface area contributed by atoms with Crippen LogP contribution in [0.1, 0.15) is 6.42 Å². The molecule has 1 N–H and O–H groups in total. The fourth-order valence-corrected chi connectivity index (χ4v) is 3.46. The van der Waals surface area contributed by atoms with Crippen molar-refractivity contribution in [3.8, 4) is 0 Å². The number of benzene rings is 1. The second-order valence-electron chi connectivity index (χ2n) is 5.21. The summed E-state index contributed by atoms with van der Waals surface area (Å²) in [7, 11) is 0. The molecule has 0 spiro atoms. The summed E-state index contributed by atoms with van der Waals surface area (Å²) in [5, 5.41) is 7.89. The van der Waals surface area contributed by atoms with E-state index in [-0.39, 0.29) is 0 Å². The molecule has 0 saturated heterocycles. The largest absolute Gasteiger partial charge is 0.369 e. The summed E-state index contributed by atoms with van der Waals surface area (Å²) in [4.78, 5) is 9.65. The van der Waals surface area contributed by atoms with Crippen molar-refractivity contribution in [1.82, 2.24) is 14.5 Å². The zero-order valence-corrected chi connectivity index (χ0v) is 12.9. The highest BCUT2D eigenvalue weighted by atomic mass is 32.1. The summed E-state index contributed by atoms with van der Waals surface area (Å²) in [5.74, 6) is 0.934. The third kappa shape index (κ3) is 2.44. The molecule has 22 heavy (non-hydrogen) atoms. The average molecular weight is 308 g/mol. The molecule has 5 heteroatoms. The second kappa shape index (κ2) is 5.77. The van der Waals surface area contributed by atoms with Gasteiger partial charge in [-0.1, -0.05) is 18.2 Å². The van der Waals surface area contributed by atoms with Crippen LogP contribution >= 0.6 is 11.3 Å². The van der Waals surface area contributed by atoms with Crippen LogP contribution in [0.2, 0.25) is 0 Å². The number of anilines is 1. The Morgan fingerprint density at radius 1 is 1.09 bits per heavy atom. The summed E-state index contributed by atoms with van der Waals surface area (Å²) in [5.41, 5.74) is 1.30. The maximum Gasteiger partial charge on any atom is 0.138 e. The van der Waals surface area contributed by atoms with E-state index in [2.05, 4.69) is 67.8 Å². The van der Waals surface area contributed by atoms with Gasteiger partial charge >= 0.3 is 0 Å². The topological polar surface area (TPSA) is 42.7 Å². The van der Waals surface area contributed by atoms with Crippen molar-refractivity contribution in [2.24, 2.45) is 0 Å². The normalized spacial score (nSPS) is 11.3. The van der Waals surface area contributed by atoms with Gasteiger partial charge in [0.1, 0.15) is 17.0 Å². The Balaban J connectivity index is 1.40. The van der Waals surface area contributed by atoms with E-state index in [4.69, 9.17) is 0 Å². The van der Waals surface area contributed by atoms with E-state index in [1.54, 1.807) is 17.7 Å². The van der Waals surface area contributed by atoms with Crippen LogP contribution in [0.15, 0.2) is 54.3 Å². The van der Waals surface area contributed by atoms with E-state index in [1.807, 2.05) is 0 Å². The minimum absolute atomic E-state index is 0.897. The number of thiophene rings is 1. The summed E-state index contributed by atoms with van der Waals surface area (Å²) >= 11 is 1.64. The van der Waals surface area contributed by atoms with Crippen molar-refractivity contribution in [3.63, 3.8) is 0 Å². The minimum atomic E-state index is 0.897. The maximum absolute atomic E-state index is 4.34. The molecule has 0 atom stereocenters. The van der Waals surface area contributed by atoms with Crippen molar-refractivity contribution in [3.05, 3.63) is 54.3 Å². The predicted molar refractivity (Wildman–Crippen MR) is 92.5 cm³/mol. The van der Waals surface area contributed by atoms with Crippen molar-refractivity contribution in [1.29, 1.82) is 0 Å². The number of nitrogens with zero attached hydrogens (tertiary/aromatic N) is 3. The summed E-state index contributed by atoms with van der Waals surface area (Å²) in [6, 6.07) is 12.7. The molecule has 0 aliphatic rings. The van der Waals surface area contributed by atoms with Crippen LogP contribution in [0.25, 0.3) is 21.1 Å². The molecule has 1 aromatic carbocycles. The lowest BCUT2D eigenvalue weighted by Crippen LogP contribution is -2.07. The SMILES string of the molecule is c1ccc2c(c1)ccn2CCCNc1ncnc2sccc12. The standard InChI is InChI=1S/C17H16N4S/c1-2-5-15-13(4-1)6-10-21(15)9-3-8-18-16-14-7-11-22-17(14)20-12-19-16/h1-2,4-7,10-12H,3,8-9H2,(H,18,19,20). The van der Waals surface area contributed by atoms with Crippen molar-refractivity contribution < 1.29 is 0 Å². The van der Waals surface area contributed by atoms with Crippen LogP contribution in [0.4, 0.5) is 5.82 Å². The molecule has 0 radical (unpaired) electrons. The highest BCUT2D eigenvalue weighted by molar-refractivity contribution is 7.16. The molecule has 0 bridgehead atoms. The first-order valence-corrected chi connectivity index (χ1v) is 8.26. The first-order chi connectivity index (χ1) is 10.9. The summed E-state index contributed by atoms with van der Waals surface area (Å²) < 4.78 is 2.30. The Morgan fingerprint density at radius 2 is 2.05 bits per heavy atom. The number of hydrogen-bond acceptors (Lipinski definition) is 4. The van der Waals surface area contributed by atoms with Crippen molar-refractivity contribution >= 4 is 38.3 Å². The Morgan fingerprint density at radius 3 is 3.05 bits per heavy atom. The third-order valence-electron chi connectivity index (χ3n) is 3.81. The molecule has 0 unspecified atom stereocenters. The van der Waals surface area contributed by atoms with Gasteiger partial charge in [-0.15, -0.1) is 11.3 Å². The summed E-state index contributed by atoms with van der Waals surface area (Å²) in [6.45, 7) is 1.90. The van der Waals surface area contributed by atoms with Crippen molar-refractivity contribution in [2.75, 3.05) is 11.9 Å². The van der Waals surface area contributed by atoms with Gasteiger partial charge in [0.15, 0.2) is 0 Å². The van der Waals surface area contributed by atoms with Gasteiger partial charge in [0.25, 0.3) is 0 Å². The molecule has 0 amide bonds. The van der Waals surface area contributed by atoms with Gasteiger partial charge in [0, 0.05) is 24.8 Å². The summed E-state index contributed by atoms with van der Waals surface area (Å²) in [6.07, 6.45) is 4.83. The molecule has 0 aliphatic heterocycles.